The van der Waals surface area contributed by atoms with Crippen molar-refractivity contribution in [3.8, 4) is 0 Å². The minimum Gasteiger partial charge on any atom is -0.352 e. The van der Waals surface area contributed by atoms with Crippen molar-refractivity contribution >= 4 is 17.7 Å². The molecule has 0 spiro atoms. The molecule has 1 heterocycles. The maximum absolute atomic E-state index is 12.0. The standard InChI is InChI=1S/C14H26N2OS/c1-11-4-2-3-5-13(11)16-14(17)10-18-12-6-8-15-9-7-12/h11-13,15H,2-10H2,1H3,(H,16,17). The second-order valence-electron chi connectivity index (χ2n) is 5.70. The Bertz CT molecular complexity index is 267. The first-order valence-corrected chi connectivity index (χ1v) is 8.42. The Morgan fingerprint density at radius 1 is 1.22 bits per heavy atom. The van der Waals surface area contributed by atoms with Crippen molar-refractivity contribution in [3.05, 3.63) is 0 Å². The topological polar surface area (TPSA) is 41.1 Å². The molecule has 2 rings (SSSR count). The van der Waals surface area contributed by atoms with Crippen LogP contribution in [0.1, 0.15) is 45.4 Å². The average molecular weight is 270 g/mol. The van der Waals surface area contributed by atoms with Crippen molar-refractivity contribution in [1.82, 2.24) is 10.6 Å². The minimum atomic E-state index is 0.247. The highest BCUT2D eigenvalue weighted by molar-refractivity contribution is 8.00. The number of thioether (sulfide) groups is 1. The summed E-state index contributed by atoms with van der Waals surface area (Å²) >= 11 is 1.84. The third kappa shape index (κ3) is 4.47. The van der Waals surface area contributed by atoms with E-state index in [0.717, 1.165) is 13.1 Å². The number of carbonyl (C=O) groups excluding carboxylic acids is 1. The molecule has 0 aromatic rings. The third-order valence-electron chi connectivity index (χ3n) is 4.19. The summed E-state index contributed by atoms with van der Waals surface area (Å²) in [6.45, 7) is 4.49. The zero-order valence-electron chi connectivity index (χ0n) is 11.4. The molecule has 0 radical (unpaired) electrons. The van der Waals surface area contributed by atoms with Gasteiger partial charge in [0.2, 0.25) is 5.91 Å². The zero-order chi connectivity index (χ0) is 12.8. The fourth-order valence-corrected chi connectivity index (χ4v) is 3.97. The molecule has 1 aliphatic heterocycles. The van der Waals surface area contributed by atoms with Gasteiger partial charge in [-0.2, -0.15) is 0 Å². The summed E-state index contributed by atoms with van der Waals surface area (Å²) in [5.41, 5.74) is 0. The Labute approximate surface area is 115 Å². The van der Waals surface area contributed by atoms with Gasteiger partial charge in [0, 0.05) is 11.3 Å². The average Bonchev–Trinajstić information content (AvgIpc) is 2.40. The first-order chi connectivity index (χ1) is 8.75. The predicted octanol–water partition coefficient (Wildman–Crippen LogP) is 2.17. The second-order valence-corrected chi connectivity index (χ2v) is 6.98. The van der Waals surface area contributed by atoms with Crippen LogP contribution in [0.15, 0.2) is 0 Å². The molecule has 1 aliphatic carbocycles. The number of rotatable bonds is 4. The summed E-state index contributed by atoms with van der Waals surface area (Å²) in [4.78, 5) is 12.0. The Morgan fingerprint density at radius 2 is 1.94 bits per heavy atom. The Hall–Kier alpha value is -0.220. The molecule has 1 amide bonds. The lowest BCUT2D eigenvalue weighted by atomic mass is 9.86. The molecule has 4 heteroatoms. The van der Waals surface area contributed by atoms with Crippen molar-refractivity contribution < 1.29 is 4.79 Å². The fourth-order valence-electron chi connectivity index (χ4n) is 2.93. The van der Waals surface area contributed by atoms with E-state index in [1.54, 1.807) is 0 Å². The fraction of sp³-hybridized carbons (Fsp3) is 0.929. The van der Waals surface area contributed by atoms with Gasteiger partial charge in [-0.05, 0) is 44.7 Å². The van der Waals surface area contributed by atoms with E-state index >= 15 is 0 Å². The predicted molar refractivity (Wildman–Crippen MR) is 77.9 cm³/mol. The highest BCUT2D eigenvalue weighted by Gasteiger charge is 2.23. The Balaban J connectivity index is 1.64. The lowest BCUT2D eigenvalue weighted by Gasteiger charge is -2.29. The van der Waals surface area contributed by atoms with Crippen molar-refractivity contribution in [2.45, 2.75) is 56.7 Å². The summed E-state index contributed by atoms with van der Waals surface area (Å²) < 4.78 is 0. The van der Waals surface area contributed by atoms with Crippen LogP contribution in [-0.2, 0) is 4.79 Å². The van der Waals surface area contributed by atoms with Gasteiger partial charge in [0.25, 0.3) is 0 Å². The van der Waals surface area contributed by atoms with E-state index < -0.39 is 0 Å². The van der Waals surface area contributed by atoms with Crippen LogP contribution in [0.2, 0.25) is 0 Å². The molecule has 2 N–H and O–H groups in total. The molecule has 2 aliphatic rings. The monoisotopic (exact) mass is 270 g/mol. The molecule has 104 valence electrons. The van der Waals surface area contributed by atoms with Crippen LogP contribution in [0.3, 0.4) is 0 Å². The van der Waals surface area contributed by atoms with E-state index in [1.165, 1.54) is 38.5 Å². The molecule has 18 heavy (non-hydrogen) atoms. The third-order valence-corrected chi connectivity index (χ3v) is 5.57. The van der Waals surface area contributed by atoms with E-state index in [-0.39, 0.29) is 5.91 Å². The van der Waals surface area contributed by atoms with Crippen LogP contribution in [0.4, 0.5) is 0 Å². The summed E-state index contributed by atoms with van der Waals surface area (Å²) in [5, 5.41) is 7.27. The van der Waals surface area contributed by atoms with Gasteiger partial charge >= 0.3 is 0 Å². The summed E-state index contributed by atoms with van der Waals surface area (Å²) in [6, 6.07) is 0.430. The van der Waals surface area contributed by atoms with Crippen LogP contribution in [0.5, 0.6) is 0 Å². The number of piperidine rings is 1. The minimum absolute atomic E-state index is 0.247. The van der Waals surface area contributed by atoms with E-state index in [4.69, 9.17) is 0 Å². The molecule has 1 saturated heterocycles. The van der Waals surface area contributed by atoms with Gasteiger partial charge in [-0.3, -0.25) is 4.79 Å². The van der Waals surface area contributed by atoms with Crippen LogP contribution in [-0.4, -0.2) is 36.0 Å². The van der Waals surface area contributed by atoms with Crippen molar-refractivity contribution in [2.24, 2.45) is 5.92 Å². The van der Waals surface area contributed by atoms with Crippen LogP contribution in [0, 0.1) is 5.92 Å². The van der Waals surface area contributed by atoms with Crippen molar-refractivity contribution in [2.75, 3.05) is 18.8 Å². The van der Waals surface area contributed by atoms with E-state index in [2.05, 4.69) is 17.6 Å². The number of nitrogens with one attached hydrogen (secondary N) is 2. The molecule has 3 nitrogen and oxygen atoms in total. The van der Waals surface area contributed by atoms with Crippen molar-refractivity contribution in [1.29, 1.82) is 0 Å². The summed E-state index contributed by atoms with van der Waals surface area (Å²) in [7, 11) is 0. The Kier molecular flexibility index (Phi) is 5.83. The molecular weight excluding hydrogens is 244 g/mol. The van der Waals surface area contributed by atoms with Crippen LogP contribution < -0.4 is 10.6 Å². The number of hydrogen-bond donors (Lipinski definition) is 2. The smallest absolute Gasteiger partial charge is 0.230 e. The molecule has 2 unspecified atom stereocenters. The normalized spacial score (nSPS) is 30.1. The molecule has 2 fully saturated rings. The van der Waals surface area contributed by atoms with Crippen LogP contribution >= 0.6 is 11.8 Å². The van der Waals surface area contributed by atoms with Gasteiger partial charge < -0.3 is 10.6 Å². The van der Waals surface area contributed by atoms with Gasteiger partial charge in [-0.15, -0.1) is 11.8 Å². The number of hydrogen-bond acceptors (Lipinski definition) is 3. The number of carbonyl (C=O) groups is 1. The second kappa shape index (κ2) is 7.39. The molecular formula is C14H26N2OS. The van der Waals surface area contributed by atoms with Crippen molar-refractivity contribution in [3.63, 3.8) is 0 Å². The van der Waals surface area contributed by atoms with Gasteiger partial charge in [0.05, 0.1) is 5.75 Å². The van der Waals surface area contributed by atoms with E-state index in [1.807, 2.05) is 11.8 Å². The first kappa shape index (κ1) is 14.2. The lowest BCUT2D eigenvalue weighted by Crippen LogP contribution is -2.42. The Morgan fingerprint density at radius 3 is 2.67 bits per heavy atom. The lowest BCUT2D eigenvalue weighted by molar-refractivity contribution is -0.119. The molecule has 1 saturated carbocycles. The largest absolute Gasteiger partial charge is 0.352 e. The first-order valence-electron chi connectivity index (χ1n) is 7.37. The van der Waals surface area contributed by atoms with E-state index in [0.29, 0.717) is 23.0 Å². The maximum Gasteiger partial charge on any atom is 0.230 e. The van der Waals surface area contributed by atoms with Gasteiger partial charge in [-0.1, -0.05) is 19.8 Å². The zero-order valence-corrected chi connectivity index (χ0v) is 12.2. The van der Waals surface area contributed by atoms with Gasteiger partial charge in [0.15, 0.2) is 0 Å². The molecule has 0 bridgehead atoms. The summed E-state index contributed by atoms with van der Waals surface area (Å²) in [6.07, 6.45) is 7.46. The van der Waals surface area contributed by atoms with Gasteiger partial charge in [0.1, 0.15) is 0 Å². The number of amides is 1. The van der Waals surface area contributed by atoms with Gasteiger partial charge in [-0.25, -0.2) is 0 Å². The highest BCUT2D eigenvalue weighted by atomic mass is 32.2. The summed E-state index contributed by atoms with van der Waals surface area (Å²) in [5.74, 6) is 1.55. The molecule has 0 aromatic heterocycles. The molecule has 0 aromatic carbocycles. The SMILES string of the molecule is CC1CCCCC1NC(=O)CSC1CCNCC1. The quantitative estimate of drug-likeness (QED) is 0.822. The van der Waals surface area contributed by atoms with Crippen LogP contribution in [0.25, 0.3) is 0 Å². The highest BCUT2D eigenvalue weighted by Crippen LogP contribution is 2.24. The molecule has 2 atom stereocenters. The maximum atomic E-state index is 12.0. The van der Waals surface area contributed by atoms with E-state index in [9.17, 15) is 4.79 Å².